The summed E-state index contributed by atoms with van der Waals surface area (Å²) < 4.78 is 5.95. The van der Waals surface area contributed by atoms with E-state index >= 15 is 0 Å². The smallest absolute Gasteiger partial charge is 0.220 e. The second-order valence-electron chi connectivity index (χ2n) is 4.81. The minimum Gasteiger partial charge on any atom is -0.371 e. The van der Waals surface area contributed by atoms with Crippen LogP contribution in [0.25, 0.3) is 0 Å². The van der Waals surface area contributed by atoms with Crippen LogP contribution in [0.4, 0.5) is 0 Å². The molecule has 0 unspecified atom stereocenters. The maximum Gasteiger partial charge on any atom is 0.220 e. The predicted molar refractivity (Wildman–Crippen MR) is 71.1 cm³/mol. The van der Waals surface area contributed by atoms with Crippen LogP contribution in [0, 0.1) is 0 Å². The standard InChI is InChI=1S/C15H21NO2/c1-2-14(13-9-6-10-15(17)16-13)18-11-12-7-4-3-5-8-12/h3-5,7-8,13-14H,2,6,9-11H2,1H3,(H,16,17)/t13-,14+/m0/s1. The van der Waals surface area contributed by atoms with Gasteiger partial charge in [0.05, 0.1) is 18.8 Å². The molecule has 1 heterocycles. The van der Waals surface area contributed by atoms with E-state index in [1.807, 2.05) is 18.2 Å². The number of amides is 1. The van der Waals surface area contributed by atoms with Gasteiger partial charge in [-0.1, -0.05) is 37.3 Å². The van der Waals surface area contributed by atoms with Crippen molar-refractivity contribution in [1.82, 2.24) is 5.32 Å². The number of rotatable bonds is 5. The highest BCUT2D eigenvalue weighted by Gasteiger charge is 2.25. The average molecular weight is 247 g/mol. The predicted octanol–water partition coefficient (Wildman–Crippen LogP) is 2.65. The Balaban J connectivity index is 1.87. The molecule has 1 aliphatic heterocycles. The number of benzene rings is 1. The molecule has 1 N–H and O–H groups in total. The molecule has 98 valence electrons. The Morgan fingerprint density at radius 1 is 1.39 bits per heavy atom. The lowest BCUT2D eigenvalue weighted by atomic mass is 9.98. The number of piperidine rings is 1. The summed E-state index contributed by atoms with van der Waals surface area (Å²) in [6, 6.07) is 10.3. The zero-order valence-corrected chi connectivity index (χ0v) is 10.9. The molecule has 0 bridgehead atoms. The lowest BCUT2D eigenvalue weighted by Gasteiger charge is -2.30. The minimum absolute atomic E-state index is 0.120. The Hall–Kier alpha value is -1.35. The molecule has 1 amide bonds. The lowest BCUT2D eigenvalue weighted by molar-refractivity contribution is -0.125. The molecular weight excluding hydrogens is 226 g/mol. The van der Waals surface area contributed by atoms with Crippen molar-refractivity contribution < 1.29 is 9.53 Å². The Bertz CT molecular complexity index is 377. The van der Waals surface area contributed by atoms with E-state index in [0.717, 1.165) is 19.3 Å². The summed E-state index contributed by atoms with van der Waals surface area (Å²) in [6.45, 7) is 2.72. The third kappa shape index (κ3) is 3.57. The third-order valence-electron chi connectivity index (χ3n) is 3.42. The molecule has 0 saturated carbocycles. The number of nitrogens with one attached hydrogen (secondary N) is 1. The first-order valence-electron chi connectivity index (χ1n) is 6.74. The fourth-order valence-corrected chi connectivity index (χ4v) is 2.41. The summed E-state index contributed by atoms with van der Waals surface area (Å²) in [6.07, 6.45) is 3.71. The van der Waals surface area contributed by atoms with Crippen molar-refractivity contribution in [2.45, 2.75) is 51.4 Å². The number of carbonyl (C=O) groups is 1. The van der Waals surface area contributed by atoms with Gasteiger partial charge < -0.3 is 10.1 Å². The molecular formula is C15H21NO2. The summed E-state index contributed by atoms with van der Waals surface area (Å²) in [4.78, 5) is 11.4. The zero-order chi connectivity index (χ0) is 12.8. The van der Waals surface area contributed by atoms with Crippen molar-refractivity contribution in [2.75, 3.05) is 0 Å². The fourth-order valence-electron chi connectivity index (χ4n) is 2.41. The van der Waals surface area contributed by atoms with Gasteiger partial charge in [-0.15, -0.1) is 0 Å². The first kappa shape index (κ1) is 13.1. The van der Waals surface area contributed by atoms with Crippen LogP contribution in [0.2, 0.25) is 0 Å². The molecule has 3 nitrogen and oxygen atoms in total. The fraction of sp³-hybridized carbons (Fsp3) is 0.533. The Morgan fingerprint density at radius 2 is 2.17 bits per heavy atom. The van der Waals surface area contributed by atoms with Crippen LogP contribution < -0.4 is 5.32 Å². The average Bonchev–Trinajstić information content (AvgIpc) is 2.41. The van der Waals surface area contributed by atoms with E-state index in [4.69, 9.17) is 4.74 Å². The molecule has 0 radical (unpaired) electrons. The normalized spacial score (nSPS) is 21.4. The monoisotopic (exact) mass is 247 g/mol. The molecule has 1 fully saturated rings. The summed E-state index contributed by atoms with van der Waals surface area (Å²) >= 11 is 0. The molecule has 1 aromatic carbocycles. The number of ether oxygens (including phenoxy) is 1. The Morgan fingerprint density at radius 3 is 2.83 bits per heavy atom. The van der Waals surface area contributed by atoms with Gasteiger partial charge in [0, 0.05) is 6.42 Å². The van der Waals surface area contributed by atoms with Gasteiger partial charge in [-0.3, -0.25) is 4.79 Å². The largest absolute Gasteiger partial charge is 0.371 e. The minimum atomic E-state index is 0.120. The second kappa shape index (κ2) is 6.55. The van der Waals surface area contributed by atoms with Gasteiger partial charge in [-0.05, 0) is 24.8 Å². The van der Waals surface area contributed by atoms with Gasteiger partial charge in [0.1, 0.15) is 0 Å². The molecule has 18 heavy (non-hydrogen) atoms. The highest BCUT2D eigenvalue weighted by atomic mass is 16.5. The van der Waals surface area contributed by atoms with Gasteiger partial charge in [-0.2, -0.15) is 0 Å². The summed E-state index contributed by atoms with van der Waals surface area (Å²) in [5, 5.41) is 3.04. The molecule has 0 aromatic heterocycles. The van der Waals surface area contributed by atoms with E-state index in [1.165, 1.54) is 5.56 Å². The second-order valence-corrected chi connectivity index (χ2v) is 4.81. The van der Waals surface area contributed by atoms with E-state index in [9.17, 15) is 4.79 Å². The van der Waals surface area contributed by atoms with Crippen LogP contribution in [0.15, 0.2) is 30.3 Å². The third-order valence-corrected chi connectivity index (χ3v) is 3.42. The Kier molecular flexibility index (Phi) is 4.76. The van der Waals surface area contributed by atoms with Crippen LogP contribution in [-0.2, 0) is 16.1 Å². The van der Waals surface area contributed by atoms with Crippen LogP contribution in [-0.4, -0.2) is 18.1 Å². The first-order chi connectivity index (χ1) is 8.79. The molecule has 1 aromatic rings. The maximum absolute atomic E-state index is 11.4. The quantitative estimate of drug-likeness (QED) is 0.868. The van der Waals surface area contributed by atoms with Gasteiger partial charge in [0.15, 0.2) is 0 Å². The highest BCUT2D eigenvalue weighted by molar-refractivity contribution is 5.77. The van der Waals surface area contributed by atoms with Crippen molar-refractivity contribution in [3.8, 4) is 0 Å². The van der Waals surface area contributed by atoms with Crippen molar-refractivity contribution >= 4 is 5.91 Å². The van der Waals surface area contributed by atoms with Crippen molar-refractivity contribution in [3.05, 3.63) is 35.9 Å². The molecule has 1 aliphatic rings. The highest BCUT2D eigenvalue weighted by Crippen LogP contribution is 2.17. The van der Waals surface area contributed by atoms with Gasteiger partial charge in [-0.25, -0.2) is 0 Å². The number of carbonyl (C=O) groups excluding carboxylic acids is 1. The van der Waals surface area contributed by atoms with Gasteiger partial charge in [0.2, 0.25) is 5.91 Å². The van der Waals surface area contributed by atoms with Crippen LogP contribution >= 0.6 is 0 Å². The first-order valence-corrected chi connectivity index (χ1v) is 6.74. The topological polar surface area (TPSA) is 38.3 Å². The van der Waals surface area contributed by atoms with Crippen molar-refractivity contribution in [3.63, 3.8) is 0 Å². The SMILES string of the molecule is CC[C@@H](OCc1ccccc1)[C@@H]1CCCC(=O)N1. The van der Waals surface area contributed by atoms with Crippen molar-refractivity contribution in [1.29, 1.82) is 0 Å². The zero-order valence-electron chi connectivity index (χ0n) is 10.9. The van der Waals surface area contributed by atoms with E-state index in [1.54, 1.807) is 0 Å². The van der Waals surface area contributed by atoms with Crippen LogP contribution in [0.5, 0.6) is 0 Å². The molecule has 2 atom stereocenters. The maximum atomic E-state index is 11.4. The van der Waals surface area contributed by atoms with E-state index in [2.05, 4.69) is 24.4 Å². The number of hydrogen-bond donors (Lipinski definition) is 1. The van der Waals surface area contributed by atoms with E-state index < -0.39 is 0 Å². The Labute approximate surface area is 109 Å². The molecule has 2 rings (SSSR count). The van der Waals surface area contributed by atoms with Crippen molar-refractivity contribution in [2.24, 2.45) is 0 Å². The molecule has 0 aliphatic carbocycles. The number of hydrogen-bond acceptors (Lipinski definition) is 2. The van der Waals surface area contributed by atoms with Gasteiger partial charge >= 0.3 is 0 Å². The molecule has 3 heteroatoms. The van der Waals surface area contributed by atoms with Crippen LogP contribution in [0.3, 0.4) is 0 Å². The summed E-state index contributed by atoms with van der Waals surface area (Å²) in [5.41, 5.74) is 1.18. The lowest BCUT2D eigenvalue weighted by Crippen LogP contribution is -2.47. The van der Waals surface area contributed by atoms with Crippen LogP contribution in [0.1, 0.15) is 38.2 Å². The van der Waals surface area contributed by atoms with E-state index in [-0.39, 0.29) is 18.1 Å². The summed E-state index contributed by atoms with van der Waals surface area (Å²) in [7, 11) is 0. The molecule has 0 spiro atoms. The van der Waals surface area contributed by atoms with Gasteiger partial charge in [0.25, 0.3) is 0 Å². The summed E-state index contributed by atoms with van der Waals surface area (Å²) in [5.74, 6) is 0.160. The van der Waals surface area contributed by atoms with E-state index in [0.29, 0.717) is 13.0 Å². The molecule has 1 saturated heterocycles.